The van der Waals surface area contributed by atoms with E-state index in [1.165, 1.54) is 0 Å². The molecule has 1 saturated heterocycles. The Balaban J connectivity index is 1.48. The van der Waals surface area contributed by atoms with Crippen LogP contribution in [0.3, 0.4) is 0 Å². The number of H-pyrrole nitrogens is 1. The van der Waals surface area contributed by atoms with Gasteiger partial charge in [-0.1, -0.05) is 0 Å². The maximum absolute atomic E-state index is 12.4. The first-order valence-corrected chi connectivity index (χ1v) is 8.49. The lowest BCUT2D eigenvalue weighted by Crippen LogP contribution is -2.47. The van der Waals surface area contributed by atoms with Crippen molar-refractivity contribution >= 4 is 34.3 Å². The molecule has 0 aliphatic carbocycles. The molecule has 3 amide bonds. The first-order valence-electron chi connectivity index (χ1n) is 8.49. The largest absolute Gasteiger partial charge is 0.345 e. The third kappa shape index (κ3) is 2.99. The lowest BCUT2D eigenvalue weighted by atomic mass is 10.1. The zero-order chi connectivity index (χ0) is 18.1. The molecule has 1 aliphatic rings. The third-order valence-corrected chi connectivity index (χ3v) is 4.55. The molecule has 1 aliphatic heterocycles. The van der Waals surface area contributed by atoms with Crippen LogP contribution < -0.4 is 10.2 Å². The van der Waals surface area contributed by atoms with Gasteiger partial charge in [0.1, 0.15) is 0 Å². The van der Waals surface area contributed by atoms with Gasteiger partial charge in [-0.3, -0.25) is 9.69 Å². The summed E-state index contributed by atoms with van der Waals surface area (Å²) < 4.78 is 0. The molecule has 3 aromatic rings. The van der Waals surface area contributed by atoms with Crippen molar-refractivity contribution in [2.24, 2.45) is 0 Å². The molecule has 0 spiro atoms. The number of aromatic amines is 1. The van der Waals surface area contributed by atoms with Crippen LogP contribution >= 0.6 is 0 Å². The van der Waals surface area contributed by atoms with Crippen molar-refractivity contribution in [3.05, 3.63) is 54.4 Å². The van der Waals surface area contributed by atoms with E-state index in [2.05, 4.69) is 15.3 Å². The van der Waals surface area contributed by atoms with E-state index in [0.717, 1.165) is 29.7 Å². The van der Waals surface area contributed by atoms with Gasteiger partial charge in [-0.2, -0.15) is 0 Å². The van der Waals surface area contributed by atoms with Crippen molar-refractivity contribution in [2.75, 3.05) is 30.4 Å². The van der Waals surface area contributed by atoms with E-state index < -0.39 is 0 Å². The van der Waals surface area contributed by atoms with Gasteiger partial charge in [0, 0.05) is 37.1 Å². The number of carbonyl (C=O) groups excluding carboxylic acids is 2. The molecule has 1 aromatic heterocycles. The second-order valence-corrected chi connectivity index (χ2v) is 6.34. The monoisotopic (exact) mass is 349 g/mol. The fourth-order valence-corrected chi connectivity index (χ4v) is 3.11. The molecule has 0 bridgehead atoms. The number of aromatic nitrogens is 2. The summed E-state index contributed by atoms with van der Waals surface area (Å²) in [6.07, 6.45) is 2.54. The molecule has 0 radical (unpaired) electrons. The van der Waals surface area contributed by atoms with Gasteiger partial charge in [-0.05, 0) is 48.9 Å². The van der Waals surface area contributed by atoms with Gasteiger partial charge in [-0.25, -0.2) is 9.78 Å². The molecule has 1 fully saturated rings. The van der Waals surface area contributed by atoms with Crippen LogP contribution in [0.2, 0.25) is 0 Å². The van der Waals surface area contributed by atoms with Crippen molar-refractivity contribution < 1.29 is 9.59 Å². The minimum absolute atomic E-state index is 0.000829. The van der Waals surface area contributed by atoms with Gasteiger partial charge in [0.2, 0.25) is 0 Å². The highest BCUT2D eigenvalue weighted by atomic mass is 16.2. The van der Waals surface area contributed by atoms with Crippen molar-refractivity contribution in [3.8, 4) is 0 Å². The highest BCUT2D eigenvalue weighted by Gasteiger charge is 2.23. The standard InChI is InChI=1S/C19H19N5O2/c1-23-9-2-10-24(19(23)26)15-6-4-14(5-7-15)22-18(25)13-3-8-16-17(11-13)21-12-20-16/h3-8,11-12H,2,9-10H2,1H3,(H,20,21)(H,22,25). The van der Waals surface area contributed by atoms with Gasteiger partial charge < -0.3 is 15.2 Å². The highest BCUT2D eigenvalue weighted by Crippen LogP contribution is 2.22. The SMILES string of the molecule is CN1CCCN(c2ccc(NC(=O)c3ccc4nc[nH]c4c3)cc2)C1=O. The van der Waals surface area contributed by atoms with Gasteiger partial charge in [0.25, 0.3) is 5.91 Å². The van der Waals surface area contributed by atoms with E-state index in [-0.39, 0.29) is 11.9 Å². The van der Waals surface area contributed by atoms with Crippen molar-refractivity contribution in [3.63, 3.8) is 0 Å². The average Bonchev–Trinajstić information content (AvgIpc) is 3.12. The molecule has 0 unspecified atom stereocenters. The van der Waals surface area contributed by atoms with Crippen molar-refractivity contribution in [1.82, 2.24) is 14.9 Å². The summed E-state index contributed by atoms with van der Waals surface area (Å²) in [5, 5.41) is 2.88. The van der Waals surface area contributed by atoms with Crippen LogP contribution in [0, 0.1) is 0 Å². The average molecular weight is 349 g/mol. The first kappa shape index (κ1) is 16.1. The Morgan fingerprint density at radius 2 is 1.96 bits per heavy atom. The molecule has 2 N–H and O–H groups in total. The first-order chi connectivity index (χ1) is 12.6. The Kier molecular flexibility index (Phi) is 4.04. The molecule has 7 nitrogen and oxygen atoms in total. The topological polar surface area (TPSA) is 81.3 Å². The van der Waals surface area contributed by atoms with Crippen LogP contribution in [0.15, 0.2) is 48.8 Å². The number of fused-ring (bicyclic) bond motifs is 1. The number of anilines is 2. The Hall–Kier alpha value is -3.35. The lowest BCUT2D eigenvalue weighted by Gasteiger charge is -2.33. The number of amides is 3. The van der Waals surface area contributed by atoms with Crippen LogP contribution in [0.1, 0.15) is 16.8 Å². The molecular weight excluding hydrogens is 330 g/mol. The van der Waals surface area contributed by atoms with Gasteiger partial charge in [0.15, 0.2) is 0 Å². The maximum Gasteiger partial charge on any atom is 0.324 e. The number of hydrogen-bond donors (Lipinski definition) is 2. The predicted molar refractivity (Wildman–Crippen MR) is 100 cm³/mol. The Morgan fingerprint density at radius 3 is 2.77 bits per heavy atom. The van der Waals surface area contributed by atoms with E-state index in [9.17, 15) is 9.59 Å². The second kappa shape index (κ2) is 6.51. The van der Waals surface area contributed by atoms with Gasteiger partial charge in [-0.15, -0.1) is 0 Å². The maximum atomic E-state index is 12.4. The number of nitrogens with zero attached hydrogens (tertiary/aromatic N) is 3. The molecule has 26 heavy (non-hydrogen) atoms. The minimum Gasteiger partial charge on any atom is -0.345 e. The molecule has 4 rings (SSSR count). The molecule has 2 aromatic carbocycles. The third-order valence-electron chi connectivity index (χ3n) is 4.55. The van der Waals surface area contributed by atoms with E-state index in [1.54, 1.807) is 35.3 Å². The molecule has 2 heterocycles. The van der Waals surface area contributed by atoms with Crippen molar-refractivity contribution in [1.29, 1.82) is 0 Å². The lowest BCUT2D eigenvalue weighted by molar-refractivity contribution is 0.102. The van der Waals surface area contributed by atoms with Gasteiger partial charge >= 0.3 is 6.03 Å². The quantitative estimate of drug-likeness (QED) is 0.762. The zero-order valence-corrected chi connectivity index (χ0v) is 14.4. The van der Waals surface area contributed by atoms with Crippen LogP contribution in [-0.2, 0) is 0 Å². The number of benzene rings is 2. The summed E-state index contributed by atoms with van der Waals surface area (Å²) in [7, 11) is 1.81. The number of imidazole rings is 1. The Morgan fingerprint density at radius 1 is 1.15 bits per heavy atom. The molecule has 0 saturated carbocycles. The molecule has 0 atom stereocenters. The van der Waals surface area contributed by atoms with E-state index >= 15 is 0 Å². The van der Waals surface area contributed by atoms with Crippen LogP contribution in [0.5, 0.6) is 0 Å². The minimum atomic E-state index is -0.192. The van der Waals surface area contributed by atoms with Crippen LogP contribution in [-0.4, -0.2) is 46.9 Å². The van der Waals surface area contributed by atoms with E-state index in [0.29, 0.717) is 17.8 Å². The smallest absolute Gasteiger partial charge is 0.324 e. The number of urea groups is 1. The van der Waals surface area contributed by atoms with Crippen LogP contribution in [0.25, 0.3) is 11.0 Å². The number of carbonyl (C=O) groups is 2. The molecule has 7 heteroatoms. The highest BCUT2D eigenvalue weighted by molar-refractivity contribution is 6.06. The summed E-state index contributed by atoms with van der Waals surface area (Å²) in [6, 6.07) is 12.6. The van der Waals surface area contributed by atoms with E-state index in [1.807, 2.05) is 30.3 Å². The second-order valence-electron chi connectivity index (χ2n) is 6.34. The molecule has 132 valence electrons. The van der Waals surface area contributed by atoms with Crippen LogP contribution in [0.4, 0.5) is 16.2 Å². The summed E-state index contributed by atoms with van der Waals surface area (Å²) in [5.41, 5.74) is 3.71. The summed E-state index contributed by atoms with van der Waals surface area (Å²) >= 11 is 0. The van der Waals surface area contributed by atoms with E-state index in [4.69, 9.17) is 0 Å². The molecular formula is C19H19N5O2. The number of rotatable bonds is 3. The summed E-state index contributed by atoms with van der Waals surface area (Å²) in [6.45, 7) is 1.49. The van der Waals surface area contributed by atoms with Crippen molar-refractivity contribution in [2.45, 2.75) is 6.42 Å². The normalized spacial score (nSPS) is 14.7. The fraction of sp³-hybridized carbons (Fsp3) is 0.211. The Labute approximate surface area is 150 Å². The predicted octanol–water partition coefficient (Wildman–Crippen LogP) is 3.08. The summed E-state index contributed by atoms with van der Waals surface area (Å²) in [5.74, 6) is -0.192. The summed E-state index contributed by atoms with van der Waals surface area (Å²) in [4.78, 5) is 35.3. The zero-order valence-electron chi connectivity index (χ0n) is 14.4. The van der Waals surface area contributed by atoms with Gasteiger partial charge in [0.05, 0.1) is 17.4 Å². The Bertz CT molecular complexity index is 963. The number of hydrogen-bond acceptors (Lipinski definition) is 3. The fourth-order valence-electron chi connectivity index (χ4n) is 3.11. The number of nitrogens with one attached hydrogen (secondary N) is 2.